The SMILES string of the molecule is CCCNc1nc(N)c(C(=O)NC2CCSCC2)s1. The lowest BCUT2D eigenvalue weighted by atomic mass is 10.1. The van der Waals surface area contributed by atoms with Crippen molar-refractivity contribution in [2.75, 3.05) is 29.1 Å². The highest BCUT2D eigenvalue weighted by molar-refractivity contribution is 7.99. The van der Waals surface area contributed by atoms with Crippen LogP contribution in [0.3, 0.4) is 0 Å². The molecule has 7 heteroatoms. The molecule has 0 saturated carbocycles. The summed E-state index contributed by atoms with van der Waals surface area (Å²) in [4.78, 5) is 16.9. The van der Waals surface area contributed by atoms with E-state index in [0.717, 1.165) is 42.4 Å². The molecule has 1 aromatic rings. The number of carbonyl (C=O) groups is 1. The third-order valence-electron chi connectivity index (χ3n) is 2.94. The quantitative estimate of drug-likeness (QED) is 0.776. The summed E-state index contributed by atoms with van der Waals surface area (Å²) in [5.74, 6) is 2.47. The minimum absolute atomic E-state index is 0.0866. The molecule has 1 amide bonds. The molecule has 19 heavy (non-hydrogen) atoms. The molecule has 5 nitrogen and oxygen atoms in total. The summed E-state index contributed by atoms with van der Waals surface area (Å²) < 4.78 is 0. The second kappa shape index (κ2) is 7.00. The van der Waals surface area contributed by atoms with Crippen molar-refractivity contribution in [1.29, 1.82) is 0 Å². The van der Waals surface area contributed by atoms with Crippen LogP contribution in [0.15, 0.2) is 0 Å². The molecule has 0 radical (unpaired) electrons. The number of nitrogens with zero attached hydrogens (tertiary/aromatic N) is 1. The number of nitrogen functional groups attached to an aromatic ring is 1. The Morgan fingerprint density at radius 3 is 2.89 bits per heavy atom. The first-order valence-corrected chi connectivity index (χ1v) is 8.56. The van der Waals surface area contributed by atoms with E-state index in [1.165, 1.54) is 11.3 Å². The third-order valence-corrected chi connectivity index (χ3v) is 5.02. The fourth-order valence-corrected chi connectivity index (χ4v) is 3.81. The van der Waals surface area contributed by atoms with Crippen molar-refractivity contribution in [2.24, 2.45) is 0 Å². The van der Waals surface area contributed by atoms with Gasteiger partial charge in [0.1, 0.15) is 10.7 Å². The van der Waals surface area contributed by atoms with Crippen LogP contribution < -0.4 is 16.4 Å². The van der Waals surface area contributed by atoms with Crippen LogP contribution in [0.1, 0.15) is 35.9 Å². The molecule has 0 atom stereocenters. The summed E-state index contributed by atoms with van der Waals surface area (Å²) in [6.07, 6.45) is 3.09. The monoisotopic (exact) mass is 300 g/mol. The zero-order valence-electron chi connectivity index (χ0n) is 11.1. The second-order valence-corrected chi connectivity index (χ2v) is 6.74. The first-order chi connectivity index (χ1) is 9.20. The zero-order chi connectivity index (χ0) is 13.7. The van der Waals surface area contributed by atoms with Crippen LogP contribution in [0.25, 0.3) is 0 Å². The van der Waals surface area contributed by atoms with Crippen molar-refractivity contribution in [3.8, 4) is 0 Å². The molecule has 0 unspecified atom stereocenters. The van der Waals surface area contributed by atoms with Crippen molar-refractivity contribution in [1.82, 2.24) is 10.3 Å². The van der Waals surface area contributed by atoms with Gasteiger partial charge in [-0.2, -0.15) is 11.8 Å². The van der Waals surface area contributed by atoms with E-state index >= 15 is 0 Å². The lowest BCUT2D eigenvalue weighted by molar-refractivity contribution is 0.0939. The zero-order valence-corrected chi connectivity index (χ0v) is 12.7. The molecule has 106 valence electrons. The van der Waals surface area contributed by atoms with Crippen LogP contribution in [-0.2, 0) is 0 Å². The Bertz CT molecular complexity index is 429. The highest BCUT2D eigenvalue weighted by Crippen LogP contribution is 2.25. The van der Waals surface area contributed by atoms with Gasteiger partial charge in [-0.15, -0.1) is 0 Å². The van der Waals surface area contributed by atoms with Gasteiger partial charge in [-0.1, -0.05) is 18.3 Å². The van der Waals surface area contributed by atoms with Crippen LogP contribution in [-0.4, -0.2) is 35.0 Å². The highest BCUT2D eigenvalue weighted by Gasteiger charge is 2.21. The van der Waals surface area contributed by atoms with E-state index < -0.39 is 0 Å². The summed E-state index contributed by atoms with van der Waals surface area (Å²) in [6.45, 7) is 2.92. The number of rotatable bonds is 5. The number of aromatic nitrogens is 1. The summed E-state index contributed by atoms with van der Waals surface area (Å²) in [5.41, 5.74) is 5.81. The minimum Gasteiger partial charge on any atom is -0.382 e. The number of carbonyl (C=O) groups excluding carboxylic acids is 1. The van der Waals surface area contributed by atoms with Crippen molar-refractivity contribution < 1.29 is 4.79 Å². The summed E-state index contributed by atoms with van der Waals surface area (Å²) >= 11 is 3.27. The number of nitrogens with one attached hydrogen (secondary N) is 2. The average Bonchev–Trinajstić information content (AvgIpc) is 2.79. The van der Waals surface area contributed by atoms with Gasteiger partial charge in [0.15, 0.2) is 5.13 Å². The number of thioether (sulfide) groups is 1. The molecule has 1 aliphatic rings. The summed E-state index contributed by atoms with van der Waals surface area (Å²) in [6, 6.07) is 0.280. The molecule has 0 aliphatic carbocycles. The summed E-state index contributed by atoms with van der Waals surface area (Å²) in [5, 5.41) is 6.94. The van der Waals surface area contributed by atoms with Gasteiger partial charge in [0, 0.05) is 12.6 Å². The first kappa shape index (κ1) is 14.5. The number of thiazole rings is 1. The lowest BCUT2D eigenvalue weighted by Crippen LogP contribution is -2.37. The lowest BCUT2D eigenvalue weighted by Gasteiger charge is -2.22. The minimum atomic E-state index is -0.0866. The smallest absolute Gasteiger partial charge is 0.265 e. The molecule has 1 aromatic heterocycles. The Labute approximate surface area is 121 Å². The molecule has 0 aromatic carbocycles. The molecule has 0 bridgehead atoms. The van der Waals surface area contributed by atoms with E-state index in [9.17, 15) is 4.79 Å². The summed E-state index contributed by atoms with van der Waals surface area (Å²) in [7, 11) is 0. The normalized spacial score (nSPS) is 16.3. The predicted octanol–water partition coefficient (Wildman–Crippen LogP) is 2.17. The molecule has 1 fully saturated rings. The fourth-order valence-electron chi connectivity index (χ4n) is 1.90. The number of hydrogen-bond donors (Lipinski definition) is 3. The topological polar surface area (TPSA) is 80.0 Å². The molecular weight excluding hydrogens is 280 g/mol. The molecule has 0 spiro atoms. The van der Waals surface area contributed by atoms with Crippen LogP contribution in [0, 0.1) is 0 Å². The molecule has 2 rings (SSSR count). The predicted molar refractivity (Wildman–Crippen MR) is 83.1 cm³/mol. The maximum atomic E-state index is 12.2. The number of anilines is 2. The Balaban J connectivity index is 1.95. The number of hydrogen-bond acceptors (Lipinski definition) is 6. The van der Waals surface area contributed by atoms with Crippen LogP contribution in [0.2, 0.25) is 0 Å². The van der Waals surface area contributed by atoms with E-state index in [1.54, 1.807) is 0 Å². The third kappa shape index (κ3) is 4.01. The van der Waals surface area contributed by atoms with Gasteiger partial charge >= 0.3 is 0 Å². The van der Waals surface area contributed by atoms with Gasteiger partial charge in [0.25, 0.3) is 5.91 Å². The van der Waals surface area contributed by atoms with E-state index in [0.29, 0.717) is 10.7 Å². The van der Waals surface area contributed by atoms with Crippen LogP contribution in [0.4, 0.5) is 10.9 Å². The maximum absolute atomic E-state index is 12.2. The highest BCUT2D eigenvalue weighted by atomic mass is 32.2. The molecule has 1 saturated heterocycles. The van der Waals surface area contributed by atoms with E-state index in [2.05, 4.69) is 22.5 Å². The van der Waals surface area contributed by atoms with Gasteiger partial charge in [-0.25, -0.2) is 4.98 Å². The van der Waals surface area contributed by atoms with Gasteiger partial charge in [0.2, 0.25) is 0 Å². The average molecular weight is 300 g/mol. The Hall–Kier alpha value is -0.950. The van der Waals surface area contributed by atoms with Crippen LogP contribution in [0.5, 0.6) is 0 Å². The van der Waals surface area contributed by atoms with Gasteiger partial charge in [0.05, 0.1) is 0 Å². The van der Waals surface area contributed by atoms with Crippen molar-refractivity contribution in [3.05, 3.63) is 4.88 Å². The standard InChI is InChI=1S/C12H20N4OS2/c1-2-5-14-12-16-10(13)9(19-12)11(17)15-8-3-6-18-7-4-8/h8H,2-7,13H2,1H3,(H,14,16)(H,15,17). The largest absolute Gasteiger partial charge is 0.382 e. The molecule has 2 heterocycles. The Kier molecular flexibility index (Phi) is 5.33. The number of nitrogens with two attached hydrogens (primary N) is 1. The number of amides is 1. The molecule has 1 aliphatic heterocycles. The van der Waals surface area contributed by atoms with E-state index in [-0.39, 0.29) is 11.9 Å². The van der Waals surface area contributed by atoms with E-state index in [1.807, 2.05) is 11.8 Å². The van der Waals surface area contributed by atoms with Crippen molar-refractivity contribution in [2.45, 2.75) is 32.2 Å². The first-order valence-electron chi connectivity index (χ1n) is 6.59. The Morgan fingerprint density at radius 1 is 1.47 bits per heavy atom. The van der Waals surface area contributed by atoms with Crippen molar-refractivity contribution >= 4 is 40.0 Å². The fraction of sp³-hybridized carbons (Fsp3) is 0.667. The molecular formula is C12H20N4OS2. The van der Waals surface area contributed by atoms with Crippen LogP contribution >= 0.6 is 23.1 Å². The van der Waals surface area contributed by atoms with E-state index in [4.69, 9.17) is 5.73 Å². The molecule has 4 N–H and O–H groups in total. The van der Waals surface area contributed by atoms with Gasteiger partial charge in [-0.05, 0) is 30.8 Å². The second-order valence-electron chi connectivity index (χ2n) is 4.52. The Morgan fingerprint density at radius 2 is 2.21 bits per heavy atom. The van der Waals surface area contributed by atoms with Gasteiger partial charge in [-0.3, -0.25) is 4.79 Å². The maximum Gasteiger partial charge on any atom is 0.265 e. The van der Waals surface area contributed by atoms with Crippen molar-refractivity contribution in [3.63, 3.8) is 0 Å². The van der Waals surface area contributed by atoms with Gasteiger partial charge < -0.3 is 16.4 Å².